The Labute approximate surface area is 129 Å². The Bertz CT molecular complexity index is 601. The van der Waals surface area contributed by atoms with Crippen molar-refractivity contribution < 1.29 is 0 Å². The molecule has 1 aliphatic heterocycles. The Morgan fingerprint density at radius 2 is 2.16 bits per heavy atom. The minimum Gasteiger partial charge on any atom is -0.306 e. The summed E-state index contributed by atoms with van der Waals surface area (Å²) in [6.45, 7) is 0.996. The van der Waals surface area contributed by atoms with Crippen molar-refractivity contribution in [3.05, 3.63) is 27.6 Å². The van der Waals surface area contributed by atoms with Crippen LogP contribution in [0.15, 0.2) is 26.9 Å². The third-order valence-electron chi connectivity index (χ3n) is 3.04. The molecular weight excluding hydrogens is 348 g/mol. The third-order valence-corrected chi connectivity index (χ3v) is 5.11. The van der Waals surface area contributed by atoms with Crippen molar-refractivity contribution in [3.63, 3.8) is 0 Å². The number of rotatable bonds is 2. The van der Waals surface area contributed by atoms with Crippen molar-refractivity contribution in [2.75, 3.05) is 0 Å². The Morgan fingerprint density at radius 1 is 1.26 bits per heavy atom. The van der Waals surface area contributed by atoms with Crippen LogP contribution in [0.2, 0.25) is 5.02 Å². The van der Waals surface area contributed by atoms with Gasteiger partial charge in [-0.3, -0.25) is 0 Å². The average molecular weight is 360 g/mol. The lowest BCUT2D eigenvalue weighted by atomic mass is 10.2. The van der Waals surface area contributed by atoms with E-state index in [0.29, 0.717) is 5.02 Å². The fourth-order valence-electron chi connectivity index (χ4n) is 2.10. The lowest BCUT2D eigenvalue weighted by Crippen LogP contribution is -2.02. The number of nitrogens with zero attached hydrogens (tertiary/aromatic N) is 4. The smallest absolute Gasteiger partial charge is 0.197 e. The van der Waals surface area contributed by atoms with Gasteiger partial charge in [0, 0.05) is 19.2 Å². The van der Waals surface area contributed by atoms with Gasteiger partial charge in [-0.15, -0.1) is 10.2 Å². The van der Waals surface area contributed by atoms with Crippen LogP contribution in [0, 0.1) is 0 Å². The number of hydrogen-bond acceptors (Lipinski definition) is 4. The van der Waals surface area contributed by atoms with Crippen LogP contribution in [-0.4, -0.2) is 19.7 Å². The summed E-state index contributed by atoms with van der Waals surface area (Å²) in [7, 11) is 0. The lowest BCUT2D eigenvalue weighted by molar-refractivity contribution is 0.590. The van der Waals surface area contributed by atoms with Gasteiger partial charge in [-0.25, -0.2) is 4.98 Å². The molecule has 1 aliphatic rings. The molecule has 0 atom stereocenters. The molecule has 0 N–H and O–H groups in total. The Hall–Kier alpha value is -0.590. The van der Waals surface area contributed by atoms with E-state index in [0.717, 1.165) is 33.4 Å². The van der Waals surface area contributed by atoms with Crippen LogP contribution in [0.3, 0.4) is 0 Å². The number of halogens is 2. The number of aromatic nitrogens is 4. The molecule has 3 rings (SSSR count). The van der Waals surface area contributed by atoms with Crippen molar-refractivity contribution in [2.45, 2.75) is 42.4 Å². The second kappa shape index (κ2) is 5.81. The first-order chi connectivity index (χ1) is 9.24. The van der Waals surface area contributed by atoms with Crippen LogP contribution in [0.5, 0.6) is 0 Å². The van der Waals surface area contributed by atoms with Crippen LogP contribution in [-0.2, 0) is 13.0 Å². The minimum atomic E-state index is 0.622. The SMILES string of the molecule is Clc1cnc(Sc2nnc3n2CCCCC3)c(Br)c1. The highest BCUT2D eigenvalue weighted by Gasteiger charge is 2.17. The van der Waals surface area contributed by atoms with Gasteiger partial charge >= 0.3 is 0 Å². The standard InChI is InChI=1S/C12H12BrClN4S/c13-9-6-8(14)7-15-11(9)19-12-17-16-10-4-2-1-3-5-18(10)12/h6-7H,1-5H2. The first-order valence-electron chi connectivity index (χ1n) is 6.15. The van der Waals surface area contributed by atoms with E-state index in [-0.39, 0.29) is 0 Å². The van der Waals surface area contributed by atoms with E-state index in [1.165, 1.54) is 31.0 Å². The maximum absolute atomic E-state index is 5.90. The molecule has 4 nitrogen and oxygen atoms in total. The van der Waals surface area contributed by atoms with Crippen molar-refractivity contribution in [1.29, 1.82) is 0 Å². The van der Waals surface area contributed by atoms with Gasteiger partial charge in [-0.1, -0.05) is 18.0 Å². The Balaban J connectivity index is 1.89. The quantitative estimate of drug-likeness (QED) is 0.814. The van der Waals surface area contributed by atoms with Gasteiger partial charge in [0.25, 0.3) is 0 Å². The number of aryl methyl sites for hydroxylation is 1. The van der Waals surface area contributed by atoms with E-state index in [9.17, 15) is 0 Å². The monoisotopic (exact) mass is 358 g/mol. The minimum absolute atomic E-state index is 0.622. The van der Waals surface area contributed by atoms with Crippen molar-refractivity contribution in [1.82, 2.24) is 19.7 Å². The zero-order valence-electron chi connectivity index (χ0n) is 10.1. The van der Waals surface area contributed by atoms with Gasteiger partial charge < -0.3 is 4.57 Å². The van der Waals surface area contributed by atoms with Crippen LogP contribution in [0.1, 0.15) is 25.1 Å². The third kappa shape index (κ3) is 2.95. The Morgan fingerprint density at radius 3 is 3.00 bits per heavy atom. The number of fused-ring (bicyclic) bond motifs is 1. The van der Waals surface area contributed by atoms with Crippen LogP contribution >= 0.6 is 39.3 Å². The molecule has 0 spiro atoms. The molecule has 2 aromatic rings. The van der Waals surface area contributed by atoms with Gasteiger partial charge in [0.05, 0.1) is 9.50 Å². The highest BCUT2D eigenvalue weighted by Crippen LogP contribution is 2.33. The zero-order chi connectivity index (χ0) is 13.2. The van der Waals surface area contributed by atoms with Crippen LogP contribution < -0.4 is 0 Å². The highest BCUT2D eigenvalue weighted by molar-refractivity contribution is 9.10. The maximum Gasteiger partial charge on any atom is 0.197 e. The summed E-state index contributed by atoms with van der Waals surface area (Å²) in [6.07, 6.45) is 6.31. The van der Waals surface area contributed by atoms with Crippen molar-refractivity contribution >= 4 is 39.3 Å². The van der Waals surface area contributed by atoms with E-state index in [1.54, 1.807) is 6.20 Å². The van der Waals surface area contributed by atoms with E-state index >= 15 is 0 Å². The summed E-state index contributed by atoms with van der Waals surface area (Å²) in [4.78, 5) is 4.33. The van der Waals surface area contributed by atoms with Crippen molar-refractivity contribution in [3.8, 4) is 0 Å². The van der Waals surface area contributed by atoms with Gasteiger partial charge in [0.1, 0.15) is 10.9 Å². The fraction of sp³-hybridized carbons (Fsp3) is 0.417. The second-order valence-electron chi connectivity index (χ2n) is 4.40. The average Bonchev–Trinajstić information content (AvgIpc) is 2.61. The first-order valence-corrected chi connectivity index (χ1v) is 8.14. The summed E-state index contributed by atoms with van der Waals surface area (Å²) in [5.41, 5.74) is 0. The Kier molecular flexibility index (Phi) is 4.10. The normalized spacial score (nSPS) is 15.1. The molecule has 0 saturated heterocycles. The molecular formula is C12H12BrClN4S. The molecule has 0 radical (unpaired) electrons. The molecule has 0 aliphatic carbocycles. The maximum atomic E-state index is 5.90. The molecule has 0 fully saturated rings. The van der Waals surface area contributed by atoms with E-state index < -0.39 is 0 Å². The molecule has 0 unspecified atom stereocenters. The largest absolute Gasteiger partial charge is 0.306 e. The van der Waals surface area contributed by atoms with Crippen LogP contribution in [0.25, 0.3) is 0 Å². The van der Waals surface area contributed by atoms with Crippen molar-refractivity contribution in [2.24, 2.45) is 0 Å². The predicted octanol–water partition coefficient (Wildman–Crippen LogP) is 3.97. The van der Waals surface area contributed by atoms with Gasteiger partial charge in [-0.05, 0) is 46.6 Å². The summed E-state index contributed by atoms with van der Waals surface area (Å²) >= 11 is 10.9. The molecule has 7 heteroatoms. The fourth-order valence-corrected chi connectivity index (χ4v) is 3.80. The number of hydrogen-bond donors (Lipinski definition) is 0. The molecule has 0 saturated carbocycles. The van der Waals surface area contributed by atoms with E-state index in [4.69, 9.17) is 11.6 Å². The summed E-state index contributed by atoms with van der Waals surface area (Å²) in [5.74, 6) is 1.09. The predicted molar refractivity (Wildman–Crippen MR) is 78.6 cm³/mol. The molecule has 0 aromatic carbocycles. The van der Waals surface area contributed by atoms with Gasteiger partial charge in [0.2, 0.25) is 0 Å². The summed E-state index contributed by atoms with van der Waals surface area (Å²) in [5, 5.41) is 11.0. The zero-order valence-corrected chi connectivity index (χ0v) is 13.3. The molecule has 2 aromatic heterocycles. The van der Waals surface area contributed by atoms with Gasteiger partial charge in [0.15, 0.2) is 5.16 Å². The molecule has 19 heavy (non-hydrogen) atoms. The van der Waals surface area contributed by atoms with Crippen LogP contribution in [0.4, 0.5) is 0 Å². The highest BCUT2D eigenvalue weighted by atomic mass is 79.9. The lowest BCUT2D eigenvalue weighted by Gasteiger charge is -2.06. The number of pyridine rings is 1. The summed E-state index contributed by atoms with van der Waals surface area (Å²) < 4.78 is 3.09. The molecule has 3 heterocycles. The topological polar surface area (TPSA) is 43.6 Å². The molecule has 0 amide bonds. The molecule has 0 bridgehead atoms. The second-order valence-corrected chi connectivity index (χ2v) is 6.65. The molecule has 100 valence electrons. The van der Waals surface area contributed by atoms with E-state index in [1.807, 2.05) is 6.07 Å². The van der Waals surface area contributed by atoms with E-state index in [2.05, 4.69) is 35.7 Å². The summed E-state index contributed by atoms with van der Waals surface area (Å²) in [6, 6.07) is 1.84. The van der Waals surface area contributed by atoms with Gasteiger partial charge in [-0.2, -0.15) is 0 Å². The first kappa shape index (κ1) is 13.4.